The Hall–Kier alpha value is -3.92. The molecule has 0 aliphatic heterocycles. The Bertz CT molecular complexity index is 1110. The molecule has 4 aromatic carbocycles. The fraction of sp³-hybridized carbons (Fsp3) is 0. The molecule has 138 valence electrons. The lowest BCUT2D eigenvalue weighted by molar-refractivity contribution is 1.52. The van der Waals surface area contributed by atoms with E-state index in [9.17, 15) is 0 Å². The molecule has 0 spiro atoms. The minimum absolute atomic E-state index is 0.546. The van der Waals surface area contributed by atoms with Gasteiger partial charge in [0.1, 0.15) is 0 Å². The molecule has 4 rings (SSSR count). The predicted molar refractivity (Wildman–Crippen MR) is 120 cm³/mol. The summed E-state index contributed by atoms with van der Waals surface area (Å²) in [7, 11) is 0. The van der Waals surface area contributed by atoms with Crippen LogP contribution in [0.4, 0.5) is 28.4 Å². The second-order valence-corrected chi connectivity index (χ2v) is 6.65. The van der Waals surface area contributed by atoms with Crippen LogP contribution in [0, 0.1) is 0 Å². The van der Waals surface area contributed by atoms with Crippen LogP contribution in [0.1, 0.15) is 0 Å². The van der Waals surface area contributed by atoms with E-state index in [-0.39, 0.29) is 0 Å². The minimum Gasteiger partial charge on any atom is -0.398 e. The molecule has 0 aromatic heterocycles. The molecule has 0 unspecified atom stereocenters. The first-order valence-corrected chi connectivity index (χ1v) is 9.09. The van der Waals surface area contributed by atoms with E-state index < -0.39 is 0 Å². The zero-order chi connectivity index (χ0) is 19.5. The van der Waals surface area contributed by atoms with Gasteiger partial charge in [0.2, 0.25) is 0 Å². The quantitative estimate of drug-likeness (QED) is 0.358. The van der Waals surface area contributed by atoms with Crippen molar-refractivity contribution in [3.05, 3.63) is 91.0 Å². The zero-order valence-electron chi connectivity index (χ0n) is 15.4. The average Bonchev–Trinajstić information content (AvgIpc) is 2.72. The van der Waals surface area contributed by atoms with Crippen molar-refractivity contribution in [2.45, 2.75) is 0 Å². The normalized spacial score (nSPS) is 10.6. The SMILES string of the molecule is Nc1ccc(-c2ccc(Nc3ccccc3)c(-c3ccccc3)c2N)cc1N. The highest BCUT2D eigenvalue weighted by Crippen LogP contribution is 2.41. The van der Waals surface area contributed by atoms with Gasteiger partial charge in [0.25, 0.3) is 0 Å². The van der Waals surface area contributed by atoms with Gasteiger partial charge >= 0.3 is 0 Å². The van der Waals surface area contributed by atoms with Gasteiger partial charge in [0.05, 0.1) is 11.4 Å². The average molecular weight is 366 g/mol. The second-order valence-electron chi connectivity index (χ2n) is 6.65. The standard InChI is InChI=1S/C24H22N4/c25-20-13-11-17(15-21(20)26)19-12-14-22(28-18-9-5-2-6-10-18)23(24(19)27)16-7-3-1-4-8-16/h1-15,28H,25-27H2. The highest BCUT2D eigenvalue weighted by atomic mass is 14.9. The molecular weight excluding hydrogens is 344 g/mol. The van der Waals surface area contributed by atoms with Crippen LogP contribution >= 0.6 is 0 Å². The molecule has 4 nitrogen and oxygen atoms in total. The maximum atomic E-state index is 6.68. The highest BCUT2D eigenvalue weighted by molar-refractivity contribution is 5.97. The lowest BCUT2D eigenvalue weighted by Crippen LogP contribution is -2.01. The Kier molecular flexibility index (Phi) is 4.60. The van der Waals surface area contributed by atoms with Crippen molar-refractivity contribution in [3.63, 3.8) is 0 Å². The third kappa shape index (κ3) is 3.35. The molecule has 0 aliphatic carbocycles. The van der Waals surface area contributed by atoms with Crippen LogP contribution in [-0.2, 0) is 0 Å². The van der Waals surface area contributed by atoms with Crippen molar-refractivity contribution < 1.29 is 0 Å². The van der Waals surface area contributed by atoms with E-state index in [2.05, 4.69) is 17.4 Å². The lowest BCUT2D eigenvalue weighted by atomic mass is 9.94. The van der Waals surface area contributed by atoms with Crippen LogP contribution in [0.15, 0.2) is 91.0 Å². The Labute approximate surface area is 164 Å². The molecule has 0 saturated carbocycles. The monoisotopic (exact) mass is 366 g/mol. The smallest absolute Gasteiger partial charge is 0.0554 e. The molecule has 0 atom stereocenters. The molecule has 0 bridgehead atoms. The van der Waals surface area contributed by atoms with Crippen molar-refractivity contribution in [1.82, 2.24) is 0 Å². The third-order valence-electron chi connectivity index (χ3n) is 4.76. The van der Waals surface area contributed by atoms with Crippen molar-refractivity contribution in [2.75, 3.05) is 22.5 Å². The van der Waals surface area contributed by atoms with E-state index in [1.807, 2.05) is 78.9 Å². The third-order valence-corrected chi connectivity index (χ3v) is 4.76. The second kappa shape index (κ2) is 7.37. The first-order chi connectivity index (χ1) is 13.6. The Morgan fingerprint density at radius 3 is 1.93 bits per heavy atom. The van der Waals surface area contributed by atoms with E-state index >= 15 is 0 Å². The Morgan fingerprint density at radius 2 is 1.25 bits per heavy atom. The van der Waals surface area contributed by atoms with Gasteiger partial charge in [-0.25, -0.2) is 0 Å². The molecule has 0 heterocycles. The minimum atomic E-state index is 0.546. The van der Waals surface area contributed by atoms with Gasteiger partial charge in [0.15, 0.2) is 0 Å². The van der Waals surface area contributed by atoms with Crippen molar-refractivity contribution in [3.8, 4) is 22.3 Å². The van der Waals surface area contributed by atoms with Gasteiger partial charge in [-0.3, -0.25) is 0 Å². The number of nitrogens with one attached hydrogen (secondary N) is 1. The molecular formula is C24H22N4. The fourth-order valence-corrected chi connectivity index (χ4v) is 3.31. The molecule has 0 amide bonds. The van der Waals surface area contributed by atoms with Gasteiger partial charge in [-0.2, -0.15) is 0 Å². The summed E-state index contributed by atoms with van der Waals surface area (Å²) in [6.07, 6.45) is 0. The lowest BCUT2D eigenvalue weighted by Gasteiger charge is -2.18. The summed E-state index contributed by atoms with van der Waals surface area (Å²) in [6.45, 7) is 0. The van der Waals surface area contributed by atoms with E-state index in [1.165, 1.54) is 0 Å². The summed E-state index contributed by atoms with van der Waals surface area (Å²) in [5.74, 6) is 0. The fourth-order valence-electron chi connectivity index (χ4n) is 3.31. The largest absolute Gasteiger partial charge is 0.398 e. The van der Waals surface area contributed by atoms with Crippen molar-refractivity contribution in [2.24, 2.45) is 0 Å². The predicted octanol–water partition coefficient (Wildman–Crippen LogP) is 5.51. The number of nitrogen functional groups attached to an aromatic ring is 3. The topological polar surface area (TPSA) is 90.1 Å². The van der Waals surface area contributed by atoms with Gasteiger partial charge in [0, 0.05) is 28.2 Å². The number of hydrogen-bond acceptors (Lipinski definition) is 4. The molecule has 0 fully saturated rings. The van der Waals surface area contributed by atoms with Crippen LogP contribution in [0.3, 0.4) is 0 Å². The van der Waals surface area contributed by atoms with Gasteiger partial charge in [-0.15, -0.1) is 0 Å². The number of anilines is 5. The van der Waals surface area contributed by atoms with Crippen LogP contribution in [0.2, 0.25) is 0 Å². The van der Waals surface area contributed by atoms with Gasteiger partial charge < -0.3 is 22.5 Å². The molecule has 0 aliphatic rings. The van der Waals surface area contributed by atoms with E-state index in [0.29, 0.717) is 17.1 Å². The number of hydrogen-bond donors (Lipinski definition) is 4. The molecule has 4 heteroatoms. The first-order valence-electron chi connectivity index (χ1n) is 9.09. The van der Waals surface area contributed by atoms with Gasteiger partial charge in [-0.1, -0.05) is 60.7 Å². The molecule has 7 N–H and O–H groups in total. The van der Waals surface area contributed by atoms with Crippen LogP contribution in [0.25, 0.3) is 22.3 Å². The van der Waals surface area contributed by atoms with Crippen molar-refractivity contribution >= 4 is 28.4 Å². The van der Waals surface area contributed by atoms with Crippen molar-refractivity contribution in [1.29, 1.82) is 0 Å². The van der Waals surface area contributed by atoms with E-state index in [4.69, 9.17) is 17.2 Å². The summed E-state index contributed by atoms with van der Waals surface area (Å²) in [5.41, 5.74) is 26.2. The number of para-hydroxylation sites is 1. The van der Waals surface area contributed by atoms with E-state index in [1.54, 1.807) is 0 Å². The first kappa shape index (κ1) is 17.5. The van der Waals surface area contributed by atoms with E-state index in [0.717, 1.165) is 33.6 Å². The van der Waals surface area contributed by atoms with Gasteiger partial charge in [-0.05, 0) is 41.5 Å². The number of rotatable bonds is 4. The molecule has 0 saturated heterocycles. The number of benzene rings is 4. The Morgan fingerprint density at radius 1 is 0.571 bits per heavy atom. The summed E-state index contributed by atoms with van der Waals surface area (Å²) in [6, 6.07) is 29.8. The van der Waals surface area contributed by atoms with Crippen LogP contribution in [0.5, 0.6) is 0 Å². The highest BCUT2D eigenvalue weighted by Gasteiger charge is 2.15. The summed E-state index contributed by atoms with van der Waals surface area (Å²) in [4.78, 5) is 0. The summed E-state index contributed by atoms with van der Waals surface area (Å²) in [5, 5.41) is 3.49. The van der Waals surface area contributed by atoms with Crippen LogP contribution in [-0.4, -0.2) is 0 Å². The van der Waals surface area contributed by atoms with Crippen LogP contribution < -0.4 is 22.5 Å². The molecule has 4 aromatic rings. The maximum absolute atomic E-state index is 6.68. The molecule has 0 radical (unpaired) electrons. The summed E-state index contributed by atoms with van der Waals surface area (Å²) >= 11 is 0. The zero-order valence-corrected chi connectivity index (χ0v) is 15.4. The number of nitrogens with two attached hydrogens (primary N) is 3. The Balaban J connectivity index is 1.88. The maximum Gasteiger partial charge on any atom is 0.0554 e. The summed E-state index contributed by atoms with van der Waals surface area (Å²) < 4.78 is 0. The molecule has 28 heavy (non-hydrogen) atoms.